The number of nitrogens with one attached hydrogen (secondary N) is 2. The van der Waals surface area contributed by atoms with Crippen molar-refractivity contribution in [2.45, 2.75) is 32.3 Å². The molecule has 3 rings (SSSR count). The highest BCUT2D eigenvalue weighted by Gasteiger charge is 2.37. The van der Waals surface area contributed by atoms with Crippen LogP contribution in [0.1, 0.15) is 31.9 Å². The van der Waals surface area contributed by atoms with E-state index in [0.29, 0.717) is 12.0 Å². The summed E-state index contributed by atoms with van der Waals surface area (Å²) in [6.45, 7) is 2.08. The highest BCUT2D eigenvalue weighted by molar-refractivity contribution is 6.08. The van der Waals surface area contributed by atoms with Gasteiger partial charge in [-0.3, -0.25) is 9.63 Å². The second kappa shape index (κ2) is 7.38. The van der Waals surface area contributed by atoms with E-state index in [1.165, 1.54) is 7.11 Å². The molecular weight excluding hydrogens is 320 g/mol. The Hall–Kier alpha value is -2.82. The first kappa shape index (κ1) is 17.0. The minimum Gasteiger partial charge on any atom is -0.474 e. The van der Waals surface area contributed by atoms with Crippen LogP contribution in [0.15, 0.2) is 41.7 Å². The number of ether oxygens (including phenoxy) is 1. The topological polar surface area (TPSA) is 80.4 Å². The third-order valence-corrected chi connectivity index (χ3v) is 4.23. The molecule has 0 saturated heterocycles. The van der Waals surface area contributed by atoms with Crippen LogP contribution in [0.5, 0.6) is 0 Å². The summed E-state index contributed by atoms with van der Waals surface area (Å²) in [5, 5.41) is 1.02. The van der Waals surface area contributed by atoms with Gasteiger partial charge in [0.05, 0.1) is 7.11 Å². The summed E-state index contributed by atoms with van der Waals surface area (Å²) >= 11 is 0. The molecule has 6 nitrogen and oxygen atoms in total. The van der Waals surface area contributed by atoms with Gasteiger partial charge in [0.1, 0.15) is 11.7 Å². The molecule has 1 atom stereocenters. The number of unbranched alkanes of at least 4 members (excludes halogenated alkanes) is 1. The van der Waals surface area contributed by atoms with Gasteiger partial charge in [-0.2, -0.15) is 0 Å². The maximum Gasteiger partial charge on any atom is 0.279 e. The van der Waals surface area contributed by atoms with Gasteiger partial charge in [0.15, 0.2) is 5.94 Å². The number of aromatic nitrogens is 1. The molecule has 2 heterocycles. The van der Waals surface area contributed by atoms with E-state index in [0.717, 1.165) is 29.4 Å². The van der Waals surface area contributed by atoms with Crippen molar-refractivity contribution in [2.75, 3.05) is 7.11 Å². The number of benzene rings is 1. The van der Waals surface area contributed by atoms with Crippen LogP contribution in [0.2, 0.25) is 0 Å². The number of aromatic amines is 1. The lowest BCUT2D eigenvalue weighted by atomic mass is 9.97. The lowest BCUT2D eigenvalue weighted by Crippen LogP contribution is -2.24. The number of amides is 1. The Morgan fingerprint density at radius 2 is 2.20 bits per heavy atom. The van der Waals surface area contributed by atoms with Crippen LogP contribution in [-0.4, -0.2) is 30.0 Å². The molecule has 2 N–H and O–H groups in total. The van der Waals surface area contributed by atoms with Crippen LogP contribution in [0, 0.1) is 0 Å². The van der Waals surface area contributed by atoms with Gasteiger partial charge in [0.2, 0.25) is 5.76 Å². The largest absolute Gasteiger partial charge is 0.474 e. The lowest BCUT2D eigenvalue weighted by molar-refractivity contribution is -0.127. The lowest BCUT2D eigenvalue weighted by Gasteiger charge is -2.13. The molecule has 6 heteroatoms. The Bertz CT molecular complexity index is 841. The van der Waals surface area contributed by atoms with Crippen LogP contribution >= 0.6 is 0 Å². The number of carbonyl (C=O) groups is 1. The fourth-order valence-electron chi connectivity index (χ4n) is 3.11. The third-order valence-electron chi connectivity index (χ3n) is 4.23. The van der Waals surface area contributed by atoms with E-state index in [1.807, 2.05) is 30.3 Å². The fourth-order valence-corrected chi connectivity index (χ4v) is 3.11. The molecule has 0 aliphatic carbocycles. The van der Waals surface area contributed by atoms with Crippen LogP contribution in [0.25, 0.3) is 16.5 Å². The van der Waals surface area contributed by atoms with E-state index in [-0.39, 0.29) is 17.4 Å². The van der Waals surface area contributed by atoms with Crippen molar-refractivity contribution < 1.29 is 19.2 Å². The van der Waals surface area contributed by atoms with Gasteiger partial charge < -0.3 is 9.72 Å². The molecule has 2 aromatic rings. The molecule has 0 spiro atoms. The molecule has 130 valence electrons. The number of hydrogen-bond acceptors (Lipinski definition) is 4. The van der Waals surface area contributed by atoms with E-state index in [9.17, 15) is 9.59 Å². The van der Waals surface area contributed by atoms with Crippen molar-refractivity contribution in [1.82, 2.24) is 10.5 Å². The normalized spacial score (nSPS) is 16.9. The molecule has 0 fully saturated rings. The van der Waals surface area contributed by atoms with Crippen LogP contribution in [0.4, 0.5) is 0 Å². The molecule has 1 aromatic carbocycles. The van der Waals surface area contributed by atoms with Gasteiger partial charge in [-0.1, -0.05) is 31.5 Å². The molecular formula is C19H20N2O4. The first-order chi connectivity index (χ1) is 12.2. The smallest absolute Gasteiger partial charge is 0.279 e. The summed E-state index contributed by atoms with van der Waals surface area (Å²) in [6.07, 6.45) is 2.23. The molecule has 25 heavy (non-hydrogen) atoms. The molecule has 0 bridgehead atoms. The van der Waals surface area contributed by atoms with Crippen LogP contribution in [-0.2, 0) is 19.2 Å². The predicted octanol–water partition coefficient (Wildman–Crippen LogP) is 2.90. The molecule has 1 aliphatic heterocycles. The minimum atomic E-state index is -0.520. The number of hydroxylamine groups is 1. The quantitative estimate of drug-likeness (QED) is 0.626. The number of fused-ring (bicyclic) bond motifs is 1. The summed E-state index contributed by atoms with van der Waals surface area (Å²) in [4.78, 5) is 31.8. The van der Waals surface area contributed by atoms with Crippen molar-refractivity contribution in [1.29, 1.82) is 0 Å². The zero-order valence-corrected chi connectivity index (χ0v) is 14.2. The fraction of sp³-hybridized carbons (Fsp3) is 0.316. The molecule has 1 amide bonds. The maximum absolute atomic E-state index is 12.4. The van der Waals surface area contributed by atoms with Gasteiger partial charge in [-0.05, 0) is 30.4 Å². The van der Waals surface area contributed by atoms with E-state index in [4.69, 9.17) is 9.57 Å². The first-order valence-electron chi connectivity index (χ1n) is 8.27. The zero-order valence-electron chi connectivity index (χ0n) is 14.2. The Balaban J connectivity index is 2.15. The number of para-hydroxylation sites is 1. The summed E-state index contributed by atoms with van der Waals surface area (Å²) in [5.41, 5.74) is 4.82. The summed E-state index contributed by atoms with van der Waals surface area (Å²) in [5.74, 6) is 1.15. The van der Waals surface area contributed by atoms with Gasteiger partial charge >= 0.3 is 0 Å². The second-order valence-corrected chi connectivity index (χ2v) is 5.87. The Kier molecular flexibility index (Phi) is 5.03. The second-order valence-electron chi connectivity index (χ2n) is 5.87. The number of H-pyrrole nitrogens is 1. The molecule has 0 saturated carbocycles. The van der Waals surface area contributed by atoms with Crippen LogP contribution in [0.3, 0.4) is 0 Å². The standard InChI is InChI=1S/C19H20N2O4/c1-3-4-9-15-17(14-10-12-7-5-6-8-13(12)20-14)18(16(11-22)25-15)19(23)21-24-2/h5-8,10,15,20H,3-4,9H2,1-2H3,(H,21,23). The van der Waals surface area contributed by atoms with Gasteiger partial charge in [-0.15, -0.1) is 0 Å². The summed E-state index contributed by atoms with van der Waals surface area (Å²) in [6, 6.07) is 9.79. The third kappa shape index (κ3) is 3.22. The van der Waals surface area contributed by atoms with Crippen molar-refractivity contribution in [3.63, 3.8) is 0 Å². The SMILES string of the molecule is CCCCC1OC(=C=O)C(C(=O)NOC)=C1c1cc2ccccc2[nH]1. The molecule has 1 aromatic heterocycles. The predicted molar refractivity (Wildman–Crippen MR) is 94.0 cm³/mol. The van der Waals surface area contributed by atoms with Crippen molar-refractivity contribution in [2.24, 2.45) is 0 Å². The molecule has 1 unspecified atom stereocenters. The van der Waals surface area contributed by atoms with Crippen molar-refractivity contribution >= 4 is 28.3 Å². The zero-order chi connectivity index (χ0) is 17.8. The monoisotopic (exact) mass is 340 g/mol. The Labute approximate surface area is 145 Å². The summed E-state index contributed by atoms with van der Waals surface area (Å²) < 4.78 is 5.74. The first-order valence-corrected chi connectivity index (χ1v) is 8.27. The Morgan fingerprint density at radius 3 is 2.88 bits per heavy atom. The number of hydrogen-bond donors (Lipinski definition) is 2. The van der Waals surface area contributed by atoms with E-state index < -0.39 is 5.91 Å². The Morgan fingerprint density at radius 1 is 1.40 bits per heavy atom. The summed E-state index contributed by atoms with van der Waals surface area (Å²) in [7, 11) is 1.34. The molecule has 0 radical (unpaired) electrons. The van der Waals surface area contributed by atoms with E-state index in [1.54, 1.807) is 5.94 Å². The van der Waals surface area contributed by atoms with Crippen molar-refractivity contribution in [3.05, 3.63) is 47.4 Å². The average Bonchev–Trinajstić information content (AvgIpc) is 3.20. The highest BCUT2D eigenvalue weighted by Crippen LogP contribution is 2.39. The average molecular weight is 340 g/mol. The van der Waals surface area contributed by atoms with Crippen LogP contribution < -0.4 is 5.48 Å². The highest BCUT2D eigenvalue weighted by atomic mass is 16.6. The van der Waals surface area contributed by atoms with Gasteiger partial charge in [0, 0.05) is 16.8 Å². The van der Waals surface area contributed by atoms with E-state index in [2.05, 4.69) is 17.4 Å². The number of rotatable bonds is 6. The van der Waals surface area contributed by atoms with Gasteiger partial charge in [0.25, 0.3) is 5.91 Å². The number of carbonyl (C=O) groups excluding carboxylic acids is 2. The minimum absolute atomic E-state index is 0.0793. The van der Waals surface area contributed by atoms with E-state index >= 15 is 0 Å². The molecule has 1 aliphatic rings. The maximum atomic E-state index is 12.4. The van der Waals surface area contributed by atoms with Crippen molar-refractivity contribution in [3.8, 4) is 0 Å². The van der Waals surface area contributed by atoms with Gasteiger partial charge in [-0.25, -0.2) is 10.3 Å².